The SMILES string of the molecule is O=C(Nc1cccc(F)c1)C(=O)N1CCC2(CCN(C(=O)c3ccc(Nc4nc(NC5(c6ccc(Cl)cc6)CC5)nc(OCC(F)(F)F)n4)cc3)C2)C1. The Kier molecular flexibility index (Phi) is 9.57. The van der Waals surface area contributed by atoms with Crippen molar-refractivity contribution in [3.05, 3.63) is 94.8 Å². The van der Waals surface area contributed by atoms with Crippen molar-refractivity contribution in [3.8, 4) is 6.01 Å². The van der Waals surface area contributed by atoms with Crippen LogP contribution in [0, 0.1) is 11.2 Å². The van der Waals surface area contributed by atoms with Crippen LogP contribution in [0.4, 0.5) is 40.8 Å². The van der Waals surface area contributed by atoms with E-state index in [1.54, 1.807) is 41.3 Å². The highest BCUT2D eigenvalue weighted by atomic mass is 35.5. The van der Waals surface area contributed by atoms with Crippen molar-refractivity contribution in [2.45, 2.75) is 37.4 Å². The zero-order valence-corrected chi connectivity index (χ0v) is 28.8. The summed E-state index contributed by atoms with van der Waals surface area (Å²) in [4.78, 5) is 54.6. The van der Waals surface area contributed by atoms with Crippen molar-refractivity contribution in [1.29, 1.82) is 0 Å². The highest BCUT2D eigenvalue weighted by Crippen LogP contribution is 2.48. The van der Waals surface area contributed by atoms with E-state index in [0.717, 1.165) is 24.5 Å². The Balaban J connectivity index is 0.985. The molecule has 2 aliphatic heterocycles. The highest BCUT2D eigenvalue weighted by Gasteiger charge is 2.47. The largest absolute Gasteiger partial charge is 0.454 e. The minimum Gasteiger partial charge on any atom is -0.454 e. The summed E-state index contributed by atoms with van der Waals surface area (Å²) in [6.07, 6.45) is -1.86. The number of rotatable bonds is 9. The molecule has 276 valence electrons. The molecule has 7 rings (SSSR count). The Morgan fingerprint density at radius 1 is 0.830 bits per heavy atom. The van der Waals surface area contributed by atoms with E-state index in [1.807, 2.05) is 12.1 Å². The molecule has 0 radical (unpaired) electrons. The van der Waals surface area contributed by atoms with Crippen LogP contribution in [0.2, 0.25) is 5.02 Å². The molecule has 1 spiro atoms. The maximum atomic E-state index is 13.5. The molecule has 17 heteroatoms. The minimum atomic E-state index is -4.61. The van der Waals surface area contributed by atoms with Crippen molar-refractivity contribution in [3.63, 3.8) is 0 Å². The molecule has 3 fully saturated rings. The van der Waals surface area contributed by atoms with E-state index in [-0.39, 0.29) is 28.9 Å². The average Bonchev–Trinajstić information content (AvgIpc) is 3.59. The molecule has 3 amide bonds. The van der Waals surface area contributed by atoms with E-state index in [2.05, 4.69) is 30.9 Å². The van der Waals surface area contributed by atoms with Gasteiger partial charge >= 0.3 is 24.0 Å². The van der Waals surface area contributed by atoms with Gasteiger partial charge in [0.2, 0.25) is 11.9 Å². The minimum absolute atomic E-state index is 0.0151. The molecule has 1 unspecified atom stereocenters. The second kappa shape index (κ2) is 14.1. The van der Waals surface area contributed by atoms with Crippen LogP contribution in [0.15, 0.2) is 72.8 Å². The number of carbonyl (C=O) groups is 3. The molecule has 3 aliphatic rings. The van der Waals surface area contributed by atoms with Crippen molar-refractivity contribution in [1.82, 2.24) is 24.8 Å². The van der Waals surface area contributed by atoms with Gasteiger partial charge in [0.1, 0.15) is 5.82 Å². The topological polar surface area (TPSA) is 142 Å². The summed E-state index contributed by atoms with van der Waals surface area (Å²) in [5.74, 6) is -2.38. The Labute approximate surface area is 305 Å². The predicted octanol–water partition coefficient (Wildman–Crippen LogP) is 6.15. The number of amides is 3. The lowest BCUT2D eigenvalue weighted by Gasteiger charge is -2.24. The molecule has 3 heterocycles. The fraction of sp³-hybridized carbons (Fsp3) is 0.333. The summed E-state index contributed by atoms with van der Waals surface area (Å²) >= 11 is 6.04. The van der Waals surface area contributed by atoms with E-state index in [9.17, 15) is 31.9 Å². The van der Waals surface area contributed by atoms with Crippen LogP contribution in [0.25, 0.3) is 0 Å². The molecule has 1 saturated carbocycles. The molecule has 0 bridgehead atoms. The van der Waals surface area contributed by atoms with E-state index in [0.29, 0.717) is 55.3 Å². The van der Waals surface area contributed by atoms with Crippen LogP contribution in [-0.4, -0.2) is 81.4 Å². The van der Waals surface area contributed by atoms with Gasteiger partial charge in [0.15, 0.2) is 6.61 Å². The number of nitrogens with zero attached hydrogens (tertiary/aromatic N) is 5. The Morgan fingerprint density at radius 2 is 1.51 bits per heavy atom. The number of nitrogens with one attached hydrogen (secondary N) is 3. The van der Waals surface area contributed by atoms with E-state index in [1.165, 1.54) is 23.1 Å². The number of ether oxygens (including phenoxy) is 1. The fourth-order valence-corrected chi connectivity index (χ4v) is 6.85. The molecule has 4 aromatic rings. The average molecular weight is 753 g/mol. The second-order valence-electron chi connectivity index (χ2n) is 13.5. The normalized spacial score (nSPS) is 18.9. The third kappa shape index (κ3) is 8.43. The number of benzene rings is 3. The van der Waals surface area contributed by atoms with Crippen LogP contribution >= 0.6 is 11.6 Å². The van der Waals surface area contributed by atoms with Gasteiger partial charge in [-0.3, -0.25) is 14.4 Å². The Hall–Kier alpha value is -5.51. The summed E-state index contributed by atoms with van der Waals surface area (Å²) in [6.45, 7) is -0.0489. The maximum Gasteiger partial charge on any atom is 0.422 e. The van der Waals surface area contributed by atoms with Gasteiger partial charge in [-0.05, 0) is 85.8 Å². The quantitative estimate of drug-likeness (QED) is 0.136. The molecule has 2 saturated heterocycles. The van der Waals surface area contributed by atoms with Gasteiger partial charge in [-0.15, -0.1) is 0 Å². The zero-order chi connectivity index (χ0) is 37.4. The van der Waals surface area contributed by atoms with Gasteiger partial charge in [-0.25, -0.2) is 4.39 Å². The lowest BCUT2D eigenvalue weighted by molar-refractivity contribution is -0.154. The molecule has 3 aromatic carbocycles. The van der Waals surface area contributed by atoms with Gasteiger partial charge in [0.05, 0.1) is 5.54 Å². The summed E-state index contributed by atoms with van der Waals surface area (Å²) in [7, 11) is 0. The molecule has 1 aromatic heterocycles. The smallest absolute Gasteiger partial charge is 0.422 e. The third-order valence-electron chi connectivity index (χ3n) is 9.59. The monoisotopic (exact) mass is 752 g/mol. The highest BCUT2D eigenvalue weighted by molar-refractivity contribution is 6.39. The van der Waals surface area contributed by atoms with Gasteiger partial charge < -0.3 is 30.5 Å². The van der Waals surface area contributed by atoms with Gasteiger partial charge in [0.25, 0.3) is 5.91 Å². The summed E-state index contributed by atoms with van der Waals surface area (Å²) in [5, 5.41) is 9.18. The van der Waals surface area contributed by atoms with Crippen LogP contribution < -0.4 is 20.7 Å². The Bertz CT molecular complexity index is 2030. The number of anilines is 4. The first-order valence-electron chi connectivity index (χ1n) is 16.8. The van der Waals surface area contributed by atoms with Gasteiger partial charge in [0, 0.05) is 53.6 Å². The first kappa shape index (κ1) is 35.9. The lowest BCUT2D eigenvalue weighted by Crippen LogP contribution is -2.40. The van der Waals surface area contributed by atoms with Crippen LogP contribution in [0.3, 0.4) is 0 Å². The van der Waals surface area contributed by atoms with Crippen LogP contribution in [0.1, 0.15) is 41.6 Å². The van der Waals surface area contributed by atoms with Crippen molar-refractivity contribution < 1.29 is 36.7 Å². The van der Waals surface area contributed by atoms with Crippen molar-refractivity contribution in [2.75, 3.05) is 48.7 Å². The van der Waals surface area contributed by atoms with E-state index < -0.39 is 42.0 Å². The molecule has 53 heavy (non-hydrogen) atoms. The van der Waals surface area contributed by atoms with Crippen LogP contribution in [-0.2, 0) is 15.1 Å². The number of carbonyl (C=O) groups excluding carboxylic acids is 3. The second-order valence-corrected chi connectivity index (χ2v) is 13.9. The lowest BCUT2D eigenvalue weighted by atomic mass is 9.86. The Morgan fingerprint density at radius 3 is 2.19 bits per heavy atom. The molecule has 1 aliphatic carbocycles. The number of halogens is 5. The van der Waals surface area contributed by atoms with Gasteiger partial charge in [-0.1, -0.05) is 29.8 Å². The van der Waals surface area contributed by atoms with Crippen molar-refractivity contribution in [2.24, 2.45) is 5.41 Å². The zero-order valence-electron chi connectivity index (χ0n) is 28.1. The molecular weight excluding hydrogens is 720 g/mol. The molecule has 12 nitrogen and oxygen atoms in total. The maximum absolute atomic E-state index is 13.5. The number of aromatic nitrogens is 3. The van der Waals surface area contributed by atoms with Gasteiger partial charge in [-0.2, -0.15) is 28.1 Å². The number of hydrogen-bond donors (Lipinski definition) is 3. The third-order valence-corrected chi connectivity index (χ3v) is 9.85. The molecule has 1 atom stereocenters. The first-order chi connectivity index (χ1) is 25.3. The number of likely N-dealkylation sites (tertiary alicyclic amines) is 2. The standard InChI is InChI=1S/C36H33ClF4N8O4/c37-24-8-6-23(7-9-24)35(12-13-35)47-32-44-31(45-33(46-32)53-21-36(39,40)41)43-26-10-4-22(5-11-26)29(51)48-16-14-34(19-48)15-17-49(20-34)30(52)28(50)42-27-3-1-2-25(38)18-27/h1-11,18H,12-17,19-21H2,(H,42,50)(H2,43,44,45,46,47). The van der Waals surface area contributed by atoms with Crippen LogP contribution in [0.5, 0.6) is 6.01 Å². The summed E-state index contributed by atoms with van der Waals surface area (Å²) in [5.41, 5.74) is 1.09. The number of alkyl halides is 3. The predicted molar refractivity (Wildman–Crippen MR) is 186 cm³/mol. The van der Waals surface area contributed by atoms with Crippen molar-refractivity contribution >= 4 is 52.6 Å². The number of hydrogen-bond acceptors (Lipinski definition) is 9. The van der Waals surface area contributed by atoms with E-state index >= 15 is 0 Å². The molecule has 3 N–H and O–H groups in total. The summed E-state index contributed by atoms with van der Waals surface area (Å²) in [6, 6.07) is 18.4. The summed E-state index contributed by atoms with van der Waals surface area (Å²) < 4.78 is 57.3. The fourth-order valence-electron chi connectivity index (χ4n) is 6.73. The first-order valence-corrected chi connectivity index (χ1v) is 17.2. The van der Waals surface area contributed by atoms with E-state index in [4.69, 9.17) is 16.3 Å². The molecular formula is C36H33ClF4N8O4.